The van der Waals surface area contributed by atoms with E-state index in [0.29, 0.717) is 6.54 Å². The average molecular weight is 407 g/mol. The van der Waals surface area contributed by atoms with Gasteiger partial charge in [0.15, 0.2) is 5.96 Å². The number of aliphatic imine (C=N–C) groups is 1. The number of benzene rings is 1. The van der Waals surface area contributed by atoms with Crippen LogP contribution in [-0.4, -0.2) is 25.6 Å². The molecule has 120 valence electrons. The maximum Gasteiger partial charge on any atom is 0.191 e. The van der Waals surface area contributed by atoms with E-state index in [1.54, 1.807) is 12.1 Å². The predicted molar refractivity (Wildman–Crippen MR) is 99.1 cm³/mol. The number of guanidine groups is 1. The van der Waals surface area contributed by atoms with Crippen molar-refractivity contribution < 1.29 is 4.39 Å². The zero-order valence-corrected chi connectivity index (χ0v) is 15.7. The molecule has 3 nitrogen and oxygen atoms in total. The SMILES string of the molecule is CCCNC(=NCC(C)(C)c1cccc(F)c1)NCC.I. The van der Waals surface area contributed by atoms with Crippen molar-refractivity contribution in [3.63, 3.8) is 0 Å². The summed E-state index contributed by atoms with van der Waals surface area (Å²) in [6.07, 6.45) is 1.05. The average Bonchev–Trinajstić information content (AvgIpc) is 2.42. The summed E-state index contributed by atoms with van der Waals surface area (Å²) in [7, 11) is 0. The van der Waals surface area contributed by atoms with Crippen molar-refractivity contribution in [1.82, 2.24) is 10.6 Å². The van der Waals surface area contributed by atoms with Gasteiger partial charge < -0.3 is 10.6 Å². The molecule has 1 aromatic carbocycles. The Balaban J connectivity index is 0.00000400. The molecular formula is C16H27FIN3. The van der Waals surface area contributed by atoms with Gasteiger partial charge in [-0.05, 0) is 31.0 Å². The molecule has 0 bridgehead atoms. The molecule has 0 aliphatic heterocycles. The van der Waals surface area contributed by atoms with Gasteiger partial charge in [0.05, 0.1) is 6.54 Å². The fraction of sp³-hybridized carbons (Fsp3) is 0.562. The Labute approximate surface area is 144 Å². The van der Waals surface area contributed by atoms with Crippen LogP contribution in [0.3, 0.4) is 0 Å². The minimum Gasteiger partial charge on any atom is -0.357 e. The molecule has 0 aromatic heterocycles. The van der Waals surface area contributed by atoms with Crippen molar-refractivity contribution in [2.75, 3.05) is 19.6 Å². The van der Waals surface area contributed by atoms with Gasteiger partial charge in [0.1, 0.15) is 5.82 Å². The third kappa shape index (κ3) is 7.11. The summed E-state index contributed by atoms with van der Waals surface area (Å²) in [5.41, 5.74) is 0.768. The van der Waals surface area contributed by atoms with Crippen LogP contribution in [0.4, 0.5) is 4.39 Å². The first kappa shape index (κ1) is 20.1. The lowest BCUT2D eigenvalue weighted by atomic mass is 9.85. The second-order valence-electron chi connectivity index (χ2n) is 5.52. The van der Waals surface area contributed by atoms with E-state index >= 15 is 0 Å². The highest BCUT2D eigenvalue weighted by molar-refractivity contribution is 14.0. The molecule has 1 aromatic rings. The molecule has 0 saturated carbocycles. The Morgan fingerprint density at radius 3 is 2.52 bits per heavy atom. The monoisotopic (exact) mass is 407 g/mol. The van der Waals surface area contributed by atoms with Crippen molar-refractivity contribution in [2.45, 2.75) is 39.5 Å². The van der Waals surface area contributed by atoms with E-state index in [-0.39, 0.29) is 35.2 Å². The number of nitrogens with one attached hydrogen (secondary N) is 2. The van der Waals surface area contributed by atoms with Gasteiger partial charge in [-0.3, -0.25) is 4.99 Å². The summed E-state index contributed by atoms with van der Waals surface area (Å²) < 4.78 is 13.3. The molecule has 0 saturated heterocycles. The van der Waals surface area contributed by atoms with E-state index in [9.17, 15) is 4.39 Å². The molecule has 0 spiro atoms. The molecule has 0 radical (unpaired) electrons. The Morgan fingerprint density at radius 1 is 1.24 bits per heavy atom. The van der Waals surface area contributed by atoms with Crippen LogP contribution in [0, 0.1) is 5.82 Å². The molecule has 0 aliphatic rings. The standard InChI is InChI=1S/C16H26FN3.HI/c1-5-10-19-15(18-6-2)20-12-16(3,4)13-8-7-9-14(17)11-13;/h7-9,11H,5-6,10,12H2,1-4H3,(H2,18,19,20);1H. The van der Waals surface area contributed by atoms with Crippen LogP contribution in [-0.2, 0) is 5.41 Å². The van der Waals surface area contributed by atoms with Crippen LogP contribution >= 0.6 is 24.0 Å². The van der Waals surface area contributed by atoms with Crippen LogP contribution in [0.5, 0.6) is 0 Å². The minimum atomic E-state index is -0.199. The van der Waals surface area contributed by atoms with Crippen molar-refractivity contribution in [3.05, 3.63) is 35.6 Å². The molecule has 5 heteroatoms. The van der Waals surface area contributed by atoms with Gasteiger partial charge in [-0.1, -0.05) is 32.9 Å². The lowest BCUT2D eigenvalue weighted by Crippen LogP contribution is -2.38. The van der Waals surface area contributed by atoms with Gasteiger partial charge in [0, 0.05) is 18.5 Å². The third-order valence-electron chi connectivity index (χ3n) is 3.13. The zero-order chi connectivity index (χ0) is 15.0. The number of halogens is 2. The molecular weight excluding hydrogens is 380 g/mol. The summed E-state index contributed by atoms with van der Waals surface area (Å²) >= 11 is 0. The molecule has 0 heterocycles. The highest BCUT2D eigenvalue weighted by Gasteiger charge is 2.20. The van der Waals surface area contributed by atoms with Gasteiger partial charge in [0.25, 0.3) is 0 Å². The highest BCUT2D eigenvalue weighted by atomic mass is 127. The molecule has 0 aliphatic carbocycles. The zero-order valence-electron chi connectivity index (χ0n) is 13.4. The first-order valence-electron chi connectivity index (χ1n) is 7.28. The largest absolute Gasteiger partial charge is 0.357 e. The Morgan fingerprint density at radius 2 is 1.95 bits per heavy atom. The highest BCUT2D eigenvalue weighted by Crippen LogP contribution is 2.23. The lowest BCUT2D eigenvalue weighted by Gasteiger charge is -2.24. The van der Waals surface area contributed by atoms with E-state index in [1.807, 2.05) is 13.0 Å². The fourth-order valence-electron chi connectivity index (χ4n) is 1.86. The molecule has 0 atom stereocenters. The van der Waals surface area contributed by atoms with Crippen molar-refractivity contribution >= 4 is 29.9 Å². The lowest BCUT2D eigenvalue weighted by molar-refractivity contribution is 0.529. The Hall–Kier alpha value is -0.850. The summed E-state index contributed by atoms with van der Waals surface area (Å²) in [5, 5.41) is 6.49. The molecule has 0 fully saturated rings. The quantitative estimate of drug-likeness (QED) is 0.429. The van der Waals surface area contributed by atoms with Crippen LogP contribution in [0.2, 0.25) is 0 Å². The van der Waals surface area contributed by atoms with E-state index in [1.165, 1.54) is 6.07 Å². The van der Waals surface area contributed by atoms with Crippen LogP contribution in [0.15, 0.2) is 29.3 Å². The summed E-state index contributed by atoms with van der Waals surface area (Å²) in [5.74, 6) is 0.620. The predicted octanol–water partition coefficient (Wildman–Crippen LogP) is 3.69. The maximum absolute atomic E-state index is 13.3. The van der Waals surface area contributed by atoms with Crippen molar-refractivity contribution in [2.24, 2.45) is 4.99 Å². The maximum atomic E-state index is 13.3. The first-order valence-corrected chi connectivity index (χ1v) is 7.28. The van der Waals surface area contributed by atoms with Crippen LogP contribution < -0.4 is 10.6 Å². The normalized spacial score (nSPS) is 11.8. The van der Waals surface area contributed by atoms with Gasteiger partial charge in [-0.25, -0.2) is 4.39 Å². The van der Waals surface area contributed by atoms with E-state index in [0.717, 1.165) is 31.0 Å². The van der Waals surface area contributed by atoms with Crippen molar-refractivity contribution in [1.29, 1.82) is 0 Å². The molecule has 2 N–H and O–H groups in total. The van der Waals surface area contributed by atoms with Crippen LogP contribution in [0.25, 0.3) is 0 Å². The Bertz CT molecular complexity index is 447. The second-order valence-corrected chi connectivity index (χ2v) is 5.52. The number of nitrogens with zero attached hydrogens (tertiary/aromatic N) is 1. The summed E-state index contributed by atoms with van der Waals surface area (Å²) in [6.45, 7) is 10.6. The molecule has 1 rings (SSSR count). The molecule has 21 heavy (non-hydrogen) atoms. The van der Waals surface area contributed by atoms with Gasteiger partial charge in [-0.2, -0.15) is 0 Å². The van der Waals surface area contributed by atoms with Crippen LogP contribution in [0.1, 0.15) is 39.7 Å². The van der Waals surface area contributed by atoms with E-state index in [2.05, 4.69) is 36.4 Å². The van der Waals surface area contributed by atoms with E-state index < -0.39 is 0 Å². The topological polar surface area (TPSA) is 36.4 Å². The number of hydrogen-bond acceptors (Lipinski definition) is 1. The Kier molecular flexibility index (Phi) is 9.57. The number of hydrogen-bond donors (Lipinski definition) is 2. The van der Waals surface area contributed by atoms with Crippen molar-refractivity contribution in [3.8, 4) is 0 Å². The second kappa shape index (κ2) is 9.97. The third-order valence-corrected chi connectivity index (χ3v) is 3.13. The van der Waals surface area contributed by atoms with Gasteiger partial charge in [-0.15, -0.1) is 24.0 Å². The first-order chi connectivity index (χ1) is 9.49. The fourth-order valence-corrected chi connectivity index (χ4v) is 1.86. The van der Waals surface area contributed by atoms with E-state index in [4.69, 9.17) is 0 Å². The summed E-state index contributed by atoms with van der Waals surface area (Å²) in [6, 6.07) is 6.75. The van der Waals surface area contributed by atoms with Gasteiger partial charge in [0.2, 0.25) is 0 Å². The smallest absolute Gasteiger partial charge is 0.191 e. The number of rotatable bonds is 6. The summed E-state index contributed by atoms with van der Waals surface area (Å²) in [4.78, 5) is 4.60. The molecule has 0 amide bonds. The molecule has 0 unspecified atom stereocenters. The minimum absolute atomic E-state index is 0. The van der Waals surface area contributed by atoms with Gasteiger partial charge >= 0.3 is 0 Å².